The number of hydrogen-bond acceptors (Lipinski definition) is 3. The molecule has 1 heterocycles. The van der Waals surface area contributed by atoms with Gasteiger partial charge in [0.1, 0.15) is 0 Å². The molecule has 0 saturated heterocycles. The number of fused-ring (bicyclic) bond motifs is 1. The van der Waals surface area contributed by atoms with Crippen molar-refractivity contribution in [2.24, 2.45) is 0 Å². The molecule has 23 heavy (non-hydrogen) atoms. The summed E-state index contributed by atoms with van der Waals surface area (Å²) < 4.78 is 0. The number of allylic oxidation sites excluding steroid dienone is 1. The van der Waals surface area contributed by atoms with E-state index in [2.05, 4.69) is 11.9 Å². The van der Waals surface area contributed by atoms with Crippen molar-refractivity contribution in [1.82, 2.24) is 5.32 Å². The van der Waals surface area contributed by atoms with Gasteiger partial charge in [0.05, 0.1) is 16.3 Å². The average Bonchev–Trinajstić information content (AvgIpc) is 2.53. The first-order chi connectivity index (χ1) is 11.0. The molecule has 1 aliphatic rings. The van der Waals surface area contributed by atoms with Crippen molar-refractivity contribution >= 4 is 29.1 Å². The lowest BCUT2D eigenvalue weighted by molar-refractivity contribution is 0.0909. The highest BCUT2D eigenvalue weighted by Gasteiger charge is 2.26. The van der Waals surface area contributed by atoms with Crippen molar-refractivity contribution < 1.29 is 14.4 Å². The van der Waals surface area contributed by atoms with Crippen LogP contribution < -0.4 is 5.32 Å². The van der Waals surface area contributed by atoms with Crippen LogP contribution in [-0.4, -0.2) is 17.5 Å². The zero-order valence-corrected chi connectivity index (χ0v) is 12.8. The molecule has 5 heteroatoms. The van der Waals surface area contributed by atoms with Crippen LogP contribution in [0.4, 0.5) is 0 Å². The van der Waals surface area contributed by atoms with Gasteiger partial charge in [-0.05, 0) is 29.8 Å². The summed E-state index contributed by atoms with van der Waals surface area (Å²) in [5, 5.41) is 2.80. The Hall–Kier alpha value is -2.72. The zero-order chi connectivity index (χ0) is 16.6. The van der Waals surface area contributed by atoms with E-state index in [0.717, 1.165) is 0 Å². The minimum Gasteiger partial charge on any atom is -0.319 e. The van der Waals surface area contributed by atoms with Crippen molar-refractivity contribution in [3.8, 4) is 0 Å². The molecule has 0 aromatic heterocycles. The minimum absolute atomic E-state index is 0.0390. The van der Waals surface area contributed by atoms with Crippen molar-refractivity contribution in [1.29, 1.82) is 0 Å². The smallest absolute Gasteiger partial charge is 0.256 e. The van der Waals surface area contributed by atoms with Gasteiger partial charge in [-0.2, -0.15) is 0 Å². The maximum Gasteiger partial charge on any atom is 0.256 e. The van der Waals surface area contributed by atoms with E-state index in [4.69, 9.17) is 11.6 Å². The summed E-state index contributed by atoms with van der Waals surface area (Å²) in [5.74, 6) is -0.859. The summed E-state index contributed by atoms with van der Waals surface area (Å²) in [6.07, 6.45) is 0.0956. The van der Waals surface area contributed by atoms with Gasteiger partial charge in [0.2, 0.25) is 5.78 Å². The molecule has 4 nitrogen and oxygen atoms in total. The molecule has 1 amide bonds. The van der Waals surface area contributed by atoms with Crippen LogP contribution in [0.5, 0.6) is 0 Å². The van der Waals surface area contributed by atoms with Crippen LogP contribution in [0.1, 0.15) is 36.6 Å². The summed E-state index contributed by atoms with van der Waals surface area (Å²) in [6.45, 7) is 3.53. The van der Waals surface area contributed by atoms with Gasteiger partial charge in [-0.15, -0.1) is 0 Å². The lowest BCUT2D eigenvalue weighted by Gasteiger charge is -2.17. The summed E-state index contributed by atoms with van der Waals surface area (Å²) >= 11 is 6.02. The predicted molar refractivity (Wildman–Crippen MR) is 86.9 cm³/mol. The Bertz CT molecular complexity index is 870. The summed E-state index contributed by atoms with van der Waals surface area (Å²) in [5.41, 5.74) is 1.67. The normalized spacial score (nSPS) is 13.5. The summed E-state index contributed by atoms with van der Waals surface area (Å²) in [4.78, 5) is 36.3. The number of halogens is 1. The Balaban J connectivity index is 1.92. The van der Waals surface area contributed by atoms with E-state index in [0.29, 0.717) is 16.1 Å². The molecule has 1 aliphatic heterocycles. The Morgan fingerprint density at radius 2 is 1.83 bits per heavy atom. The first-order valence-electron chi connectivity index (χ1n) is 6.93. The minimum atomic E-state index is -0.367. The quantitative estimate of drug-likeness (QED) is 0.696. The second-order valence-corrected chi connectivity index (χ2v) is 5.63. The Kier molecular flexibility index (Phi) is 3.84. The molecule has 3 rings (SSSR count). The molecule has 0 saturated carbocycles. The summed E-state index contributed by atoms with van der Waals surface area (Å²) in [6, 6.07) is 11.6. The standard InChI is InChI=1S/C18H12ClNO3/c1-10-17(22)14-8-11(6-7-12(14)18(23)20-10)9-16(21)13-4-2-3-5-15(13)19/h2-8H,1,9H2,(H,20,23). The van der Waals surface area contributed by atoms with Crippen LogP contribution >= 0.6 is 11.6 Å². The molecule has 0 unspecified atom stereocenters. The van der Waals surface area contributed by atoms with Gasteiger partial charge < -0.3 is 5.32 Å². The molecule has 0 atom stereocenters. The second kappa shape index (κ2) is 5.82. The summed E-state index contributed by atoms with van der Waals surface area (Å²) in [7, 11) is 0. The van der Waals surface area contributed by atoms with Crippen molar-refractivity contribution in [2.75, 3.05) is 0 Å². The highest BCUT2D eigenvalue weighted by molar-refractivity contribution is 6.34. The number of carbonyl (C=O) groups is 3. The number of nitrogens with one attached hydrogen (secondary N) is 1. The third kappa shape index (κ3) is 2.81. The maximum absolute atomic E-state index is 12.3. The molecule has 2 aromatic rings. The van der Waals surface area contributed by atoms with Gasteiger partial charge in [-0.1, -0.05) is 36.4 Å². The van der Waals surface area contributed by atoms with Gasteiger partial charge in [-0.25, -0.2) is 0 Å². The SMILES string of the molecule is C=C1NC(=O)c2ccc(CC(=O)c3ccccc3Cl)cc2C1=O. The average molecular weight is 326 g/mol. The number of benzene rings is 2. The molecular weight excluding hydrogens is 314 g/mol. The van der Waals surface area contributed by atoms with E-state index >= 15 is 0 Å². The molecule has 0 aliphatic carbocycles. The topological polar surface area (TPSA) is 63.2 Å². The fourth-order valence-corrected chi connectivity index (χ4v) is 2.72. The second-order valence-electron chi connectivity index (χ2n) is 5.22. The number of amides is 1. The van der Waals surface area contributed by atoms with Crippen LogP contribution in [0.2, 0.25) is 5.02 Å². The number of carbonyl (C=O) groups excluding carboxylic acids is 3. The molecule has 0 radical (unpaired) electrons. The molecule has 0 bridgehead atoms. The predicted octanol–water partition coefficient (Wildman–Crippen LogP) is 3.21. The fourth-order valence-electron chi connectivity index (χ4n) is 2.48. The maximum atomic E-state index is 12.3. The van der Waals surface area contributed by atoms with Gasteiger partial charge in [0.15, 0.2) is 5.78 Å². The van der Waals surface area contributed by atoms with E-state index in [1.54, 1.807) is 42.5 Å². The monoisotopic (exact) mass is 325 g/mol. The van der Waals surface area contributed by atoms with Crippen molar-refractivity contribution in [2.45, 2.75) is 6.42 Å². The Labute approximate surface area is 137 Å². The van der Waals surface area contributed by atoms with Crippen LogP contribution in [0, 0.1) is 0 Å². The lowest BCUT2D eigenvalue weighted by Crippen LogP contribution is -2.34. The molecule has 1 N–H and O–H groups in total. The number of rotatable bonds is 3. The van der Waals surface area contributed by atoms with E-state index in [9.17, 15) is 14.4 Å². The van der Waals surface area contributed by atoms with Crippen molar-refractivity contribution in [3.63, 3.8) is 0 Å². The van der Waals surface area contributed by atoms with Crippen molar-refractivity contribution in [3.05, 3.63) is 82.0 Å². The molecule has 0 spiro atoms. The molecule has 2 aromatic carbocycles. The third-order valence-electron chi connectivity index (χ3n) is 3.65. The highest BCUT2D eigenvalue weighted by Crippen LogP contribution is 2.22. The molecule has 114 valence electrons. The third-order valence-corrected chi connectivity index (χ3v) is 3.98. The fraction of sp³-hybridized carbons (Fsp3) is 0.0556. The van der Waals surface area contributed by atoms with E-state index < -0.39 is 0 Å². The van der Waals surface area contributed by atoms with Crippen LogP contribution in [-0.2, 0) is 6.42 Å². The van der Waals surface area contributed by atoms with Crippen LogP contribution in [0.25, 0.3) is 0 Å². The largest absolute Gasteiger partial charge is 0.319 e. The zero-order valence-electron chi connectivity index (χ0n) is 12.1. The highest BCUT2D eigenvalue weighted by atomic mass is 35.5. The number of ketones is 2. The first-order valence-corrected chi connectivity index (χ1v) is 7.31. The number of hydrogen-bond donors (Lipinski definition) is 1. The van der Waals surface area contributed by atoms with Gasteiger partial charge in [-0.3, -0.25) is 14.4 Å². The van der Waals surface area contributed by atoms with E-state index in [1.807, 2.05) is 0 Å². The molecular formula is C18H12ClNO3. The van der Waals surface area contributed by atoms with E-state index in [-0.39, 0.29) is 40.7 Å². The Morgan fingerprint density at radius 3 is 2.57 bits per heavy atom. The number of Topliss-reactive ketones (excluding diaryl/α,β-unsaturated/α-hetero) is 2. The van der Waals surface area contributed by atoms with Crippen LogP contribution in [0.15, 0.2) is 54.7 Å². The Morgan fingerprint density at radius 1 is 1.09 bits per heavy atom. The van der Waals surface area contributed by atoms with Gasteiger partial charge in [0.25, 0.3) is 5.91 Å². The first kappa shape index (κ1) is 15.2. The van der Waals surface area contributed by atoms with E-state index in [1.165, 1.54) is 0 Å². The molecule has 0 fully saturated rings. The lowest BCUT2D eigenvalue weighted by atomic mass is 9.93. The van der Waals surface area contributed by atoms with Crippen LogP contribution in [0.3, 0.4) is 0 Å². The van der Waals surface area contributed by atoms with Gasteiger partial charge in [0, 0.05) is 17.5 Å². The van der Waals surface area contributed by atoms with Gasteiger partial charge >= 0.3 is 0 Å².